The first kappa shape index (κ1) is 14.1. The minimum atomic E-state index is -3.56. The van der Waals surface area contributed by atoms with Gasteiger partial charge in [-0.25, -0.2) is 13.1 Å². The van der Waals surface area contributed by atoms with Crippen LogP contribution < -0.4 is 4.72 Å². The summed E-state index contributed by atoms with van der Waals surface area (Å²) >= 11 is 5.79. The van der Waals surface area contributed by atoms with Gasteiger partial charge < -0.3 is 4.42 Å². The van der Waals surface area contributed by atoms with Gasteiger partial charge in [-0.1, -0.05) is 17.7 Å². The summed E-state index contributed by atoms with van der Waals surface area (Å²) in [5.41, 5.74) is 0.822. The van der Waals surface area contributed by atoms with Crippen LogP contribution in [-0.2, 0) is 16.6 Å². The first-order valence-electron chi connectivity index (χ1n) is 5.69. The van der Waals surface area contributed by atoms with Gasteiger partial charge in [-0.3, -0.25) is 0 Å². The molecule has 0 saturated heterocycles. The number of sulfonamides is 1. The van der Waals surface area contributed by atoms with Crippen molar-refractivity contribution in [2.45, 2.75) is 25.3 Å². The zero-order valence-electron chi connectivity index (χ0n) is 10.6. The Morgan fingerprint density at radius 3 is 2.58 bits per heavy atom. The van der Waals surface area contributed by atoms with Crippen molar-refractivity contribution in [2.24, 2.45) is 0 Å². The molecule has 0 spiro atoms. The van der Waals surface area contributed by atoms with Crippen molar-refractivity contribution in [2.75, 3.05) is 0 Å². The van der Waals surface area contributed by atoms with Gasteiger partial charge in [-0.2, -0.15) is 0 Å². The van der Waals surface area contributed by atoms with Gasteiger partial charge in [-0.15, -0.1) is 0 Å². The summed E-state index contributed by atoms with van der Waals surface area (Å²) in [6, 6.07) is 7.96. The molecule has 0 aliphatic rings. The van der Waals surface area contributed by atoms with Gasteiger partial charge in [-0.05, 0) is 38.1 Å². The van der Waals surface area contributed by atoms with Gasteiger partial charge in [0, 0.05) is 17.1 Å². The quantitative estimate of drug-likeness (QED) is 0.944. The molecular formula is C13H14ClNO3S. The van der Waals surface area contributed by atoms with Crippen LogP contribution in [0.2, 0.25) is 5.02 Å². The number of rotatable bonds is 4. The average Bonchev–Trinajstić information content (AvgIpc) is 2.65. The molecule has 0 amide bonds. The third kappa shape index (κ3) is 3.37. The van der Waals surface area contributed by atoms with Crippen molar-refractivity contribution in [3.63, 3.8) is 0 Å². The van der Waals surface area contributed by atoms with Gasteiger partial charge >= 0.3 is 0 Å². The van der Waals surface area contributed by atoms with Crippen molar-refractivity contribution in [3.8, 4) is 0 Å². The van der Waals surface area contributed by atoms with Gasteiger partial charge in [0.1, 0.15) is 11.5 Å². The molecule has 6 heteroatoms. The highest BCUT2D eigenvalue weighted by Crippen LogP contribution is 2.17. The molecular weight excluding hydrogens is 286 g/mol. The number of nitrogens with one attached hydrogen (secondary N) is 1. The van der Waals surface area contributed by atoms with Gasteiger partial charge in [0.25, 0.3) is 0 Å². The highest BCUT2D eigenvalue weighted by Gasteiger charge is 2.15. The van der Waals surface area contributed by atoms with E-state index in [1.807, 2.05) is 13.0 Å². The fourth-order valence-electron chi connectivity index (χ4n) is 1.75. The lowest BCUT2D eigenvalue weighted by atomic mass is 10.2. The third-order valence-corrected chi connectivity index (χ3v) is 4.34. The molecule has 4 nitrogen and oxygen atoms in total. The molecule has 0 aliphatic carbocycles. The molecule has 0 atom stereocenters. The zero-order valence-corrected chi connectivity index (χ0v) is 12.2. The van der Waals surface area contributed by atoms with Crippen LogP contribution in [0, 0.1) is 13.8 Å². The smallest absolute Gasteiger partial charge is 0.240 e. The standard InChI is InChI=1S/C13H14ClNO3S/c1-9-6-11(10(2)18-9)8-15-19(16,17)13-5-3-4-12(14)7-13/h3-7,15H,8H2,1-2H3. The fourth-order valence-corrected chi connectivity index (χ4v) is 3.06. The Bertz CT molecular complexity index is 692. The first-order valence-corrected chi connectivity index (χ1v) is 7.56. The Balaban J connectivity index is 2.16. The van der Waals surface area contributed by atoms with Crippen LogP contribution in [0.15, 0.2) is 39.6 Å². The van der Waals surface area contributed by atoms with E-state index in [9.17, 15) is 8.42 Å². The maximum atomic E-state index is 12.1. The van der Waals surface area contributed by atoms with Crippen LogP contribution in [0.3, 0.4) is 0 Å². The molecule has 1 aromatic heterocycles. The molecule has 2 rings (SSSR count). The maximum Gasteiger partial charge on any atom is 0.240 e. The van der Waals surface area contributed by atoms with Crippen molar-refractivity contribution in [3.05, 3.63) is 52.4 Å². The minimum absolute atomic E-state index is 0.151. The fraction of sp³-hybridized carbons (Fsp3) is 0.231. The molecule has 102 valence electrons. The molecule has 1 heterocycles. The lowest BCUT2D eigenvalue weighted by Crippen LogP contribution is -2.23. The lowest BCUT2D eigenvalue weighted by Gasteiger charge is -2.06. The van der Waals surface area contributed by atoms with Crippen molar-refractivity contribution < 1.29 is 12.8 Å². The van der Waals surface area contributed by atoms with E-state index in [-0.39, 0.29) is 11.4 Å². The number of benzene rings is 1. The summed E-state index contributed by atoms with van der Waals surface area (Å²) in [5, 5.41) is 0.387. The molecule has 1 aromatic carbocycles. The van der Waals surface area contributed by atoms with E-state index in [1.165, 1.54) is 12.1 Å². The van der Waals surface area contributed by atoms with Crippen molar-refractivity contribution in [1.29, 1.82) is 0 Å². The van der Waals surface area contributed by atoms with E-state index in [1.54, 1.807) is 19.1 Å². The predicted molar refractivity (Wildman–Crippen MR) is 73.7 cm³/mol. The average molecular weight is 300 g/mol. The van der Waals surface area contributed by atoms with Crippen LogP contribution in [0.4, 0.5) is 0 Å². The maximum absolute atomic E-state index is 12.1. The summed E-state index contributed by atoms with van der Waals surface area (Å²) in [6.45, 7) is 3.82. The van der Waals surface area contributed by atoms with Crippen LogP contribution in [0.1, 0.15) is 17.1 Å². The van der Waals surface area contributed by atoms with Crippen LogP contribution in [0.5, 0.6) is 0 Å². The highest BCUT2D eigenvalue weighted by atomic mass is 35.5. The number of furan rings is 1. The molecule has 0 aliphatic heterocycles. The van der Waals surface area contributed by atoms with Gasteiger partial charge in [0.05, 0.1) is 4.90 Å². The molecule has 0 fully saturated rings. The van der Waals surface area contributed by atoms with E-state index >= 15 is 0 Å². The third-order valence-electron chi connectivity index (χ3n) is 2.70. The molecule has 0 saturated carbocycles. The molecule has 1 N–H and O–H groups in total. The molecule has 19 heavy (non-hydrogen) atoms. The molecule has 0 radical (unpaired) electrons. The van der Waals surface area contributed by atoms with E-state index in [4.69, 9.17) is 16.0 Å². The number of hydrogen-bond donors (Lipinski definition) is 1. The summed E-state index contributed by atoms with van der Waals surface area (Å²) in [6.07, 6.45) is 0. The van der Waals surface area contributed by atoms with E-state index in [2.05, 4.69) is 4.72 Å². The van der Waals surface area contributed by atoms with Crippen LogP contribution >= 0.6 is 11.6 Å². The number of aryl methyl sites for hydroxylation is 2. The van der Waals surface area contributed by atoms with Crippen LogP contribution in [0.25, 0.3) is 0 Å². The van der Waals surface area contributed by atoms with E-state index in [0.29, 0.717) is 10.8 Å². The van der Waals surface area contributed by atoms with Gasteiger partial charge in [0.15, 0.2) is 0 Å². The Kier molecular flexibility index (Phi) is 3.99. The second-order valence-electron chi connectivity index (χ2n) is 4.22. The normalized spacial score (nSPS) is 11.7. The Labute approximate surface area is 117 Å². The highest BCUT2D eigenvalue weighted by molar-refractivity contribution is 7.89. The summed E-state index contributed by atoms with van der Waals surface area (Å²) in [4.78, 5) is 0.151. The van der Waals surface area contributed by atoms with E-state index < -0.39 is 10.0 Å². The second-order valence-corrected chi connectivity index (χ2v) is 6.42. The molecule has 2 aromatic rings. The molecule has 0 bridgehead atoms. The molecule has 0 unspecified atom stereocenters. The van der Waals surface area contributed by atoms with Crippen LogP contribution in [-0.4, -0.2) is 8.42 Å². The monoisotopic (exact) mass is 299 g/mol. The topological polar surface area (TPSA) is 59.3 Å². The van der Waals surface area contributed by atoms with Crippen molar-refractivity contribution in [1.82, 2.24) is 4.72 Å². The van der Waals surface area contributed by atoms with Gasteiger partial charge in [0.2, 0.25) is 10.0 Å². The summed E-state index contributed by atoms with van der Waals surface area (Å²) in [5.74, 6) is 1.47. The largest absolute Gasteiger partial charge is 0.466 e. The van der Waals surface area contributed by atoms with E-state index in [0.717, 1.165) is 11.3 Å². The minimum Gasteiger partial charge on any atom is -0.466 e. The Morgan fingerprint density at radius 2 is 2.00 bits per heavy atom. The Hall–Kier alpha value is -1.30. The predicted octanol–water partition coefficient (Wildman–Crippen LogP) is 3.03. The lowest BCUT2D eigenvalue weighted by molar-refractivity contribution is 0.500. The second kappa shape index (κ2) is 5.36. The SMILES string of the molecule is Cc1cc(CNS(=O)(=O)c2cccc(Cl)c2)c(C)o1. The summed E-state index contributed by atoms with van der Waals surface area (Å²) in [7, 11) is -3.56. The number of halogens is 1. The van der Waals surface area contributed by atoms with Crippen molar-refractivity contribution >= 4 is 21.6 Å². The first-order chi connectivity index (χ1) is 8.88. The summed E-state index contributed by atoms with van der Waals surface area (Å²) < 4.78 is 32.0. The zero-order chi connectivity index (χ0) is 14.0. The number of hydrogen-bond acceptors (Lipinski definition) is 3. The Morgan fingerprint density at radius 1 is 1.26 bits per heavy atom.